The fourth-order valence-electron chi connectivity index (χ4n) is 20.5. The van der Waals surface area contributed by atoms with E-state index in [2.05, 4.69) is 464 Å². The minimum atomic E-state index is 0.593. The molecule has 0 fully saturated rings. The molecular weight excluding hydrogens is 1500 g/mol. The second-order valence-electron chi connectivity index (χ2n) is 33.9. The van der Waals surface area contributed by atoms with Crippen LogP contribution in [0.25, 0.3) is 220 Å². The Balaban J connectivity index is 0.000000143. The van der Waals surface area contributed by atoms with Gasteiger partial charge in [-0.3, -0.25) is 0 Å². The molecule has 0 aliphatic heterocycles. The zero-order valence-corrected chi connectivity index (χ0v) is 69.6. The van der Waals surface area contributed by atoms with Crippen LogP contribution in [0, 0.1) is 5.92 Å². The molecule has 0 N–H and O–H groups in total. The first-order valence-corrected chi connectivity index (χ1v) is 43.8. The lowest BCUT2D eigenvalue weighted by Crippen LogP contribution is -1.95. The van der Waals surface area contributed by atoms with Crippen molar-refractivity contribution in [2.24, 2.45) is 5.92 Å². The molecule has 0 atom stereocenters. The number of fused-ring (bicyclic) bond motifs is 16. The van der Waals surface area contributed by atoms with E-state index >= 15 is 0 Å². The summed E-state index contributed by atoms with van der Waals surface area (Å²) in [6, 6.07) is 157. The predicted molar refractivity (Wildman–Crippen MR) is 530 cm³/mol. The number of aromatic nitrogens is 4. The van der Waals surface area contributed by atoms with Crippen molar-refractivity contribution in [3.63, 3.8) is 0 Å². The molecule has 0 radical (unpaired) electrons. The van der Waals surface area contributed by atoms with E-state index < -0.39 is 0 Å². The Labute approximate surface area is 721 Å². The Hall–Kier alpha value is -15.4. The van der Waals surface area contributed by atoms with Crippen LogP contribution < -0.4 is 0 Å². The Morgan fingerprint density at radius 3 is 0.726 bits per heavy atom. The zero-order chi connectivity index (χ0) is 82.5. The van der Waals surface area contributed by atoms with E-state index in [0.29, 0.717) is 5.92 Å². The lowest BCUT2D eigenvalue weighted by atomic mass is 9.86. The van der Waals surface area contributed by atoms with Crippen LogP contribution in [-0.2, 0) is 12.8 Å². The molecule has 24 rings (SSSR count). The third kappa shape index (κ3) is 12.5. The van der Waals surface area contributed by atoms with Crippen LogP contribution in [0.5, 0.6) is 0 Å². The van der Waals surface area contributed by atoms with Gasteiger partial charge in [0.25, 0.3) is 0 Å². The van der Waals surface area contributed by atoms with Crippen molar-refractivity contribution in [1.82, 2.24) is 18.3 Å². The minimum absolute atomic E-state index is 0.593. The molecule has 0 amide bonds. The maximum Gasteiger partial charge on any atom is 0.0541 e. The van der Waals surface area contributed by atoms with Gasteiger partial charge in [0.15, 0.2) is 0 Å². The van der Waals surface area contributed by atoms with Gasteiger partial charge in [-0.1, -0.05) is 324 Å². The third-order valence-electron chi connectivity index (χ3n) is 26.0. The number of unbranched alkanes of at least 4 members (excludes halogenated alkanes) is 1. The highest BCUT2D eigenvalue weighted by atomic mass is 15.0. The van der Waals surface area contributed by atoms with Gasteiger partial charge in [-0.25, -0.2) is 0 Å². The monoisotopic (exact) mass is 1580 g/mol. The molecule has 0 spiro atoms. The first-order chi connectivity index (χ1) is 61.3. The van der Waals surface area contributed by atoms with Gasteiger partial charge in [-0.15, -0.1) is 0 Å². The summed E-state index contributed by atoms with van der Waals surface area (Å²) in [7, 11) is 0. The second-order valence-corrected chi connectivity index (χ2v) is 33.9. The maximum absolute atomic E-state index is 2.43. The number of nitrogens with zero attached hydrogens (tertiary/aromatic N) is 4. The molecule has 4 heterocycles. The van der Waals surface area contributed by atoms with Gasteiger partial charge in [-0.05, 0) is 274 Å². The van der Waals surface area contributed by atoms with E-state index in [1.165, 1.54) is 232 Å². The van der Waals surface area contributed by atoms with Crippen LogP contribution in [0.1, 0.15) is 44.7 Å². The maximum atomic E-state index is 2.43. The van der Waals surface area contributed by atoms with E-state index in [1.54, 1.807) is 0 Å². The molecule has 0 saturated carbocycles. The van der Waals surface area contributed by atoms with Crippen LogP contribution >= 0.6 is 0 Å². The summed E-state index contributed by atoms with van der Waals surface area (Å²) < 4.78 is 9.70. The summed E-state index contributed by atoms with van der Waals surface area (Å²) in [5.74, 6) is 0.593. The summed E-state index contributed by atoms with van der Waals surface area (Å²) in [5, 5.41) is 20.3. The van der Waals surface area contributed by atoms with Gasteiger partial charge in [0.05, 0.1) is 44.1 Å². The van der Waals surface area contributed by atoms with Crippen molar-refractivity contribution in [3.8, 4) is 89.5 Å². The average molecular weight is 1590 g/mol. The average Bonchev–Trinajstić information content (AvgIpc) is 1.73. The number of hydrogen-bond donors (Lipinski definition) is 0. The highest BCUT2D eigenvalue weighted by Gasteiger charge is 2.24. The van der Waals surface area contributed by atoms with Crippen molar-refractivity contribution in [3.05, 3.63) is 436 Å². The van der Waals surface area contributed by atoms with E-state index in [1.807, 2.05) is 0 Å². The van der Waals surface area contributed by atoms with Crippen molar-refractivity contribution < 1.29 is 0 Å². The molecule has 4 aromatic heterocycles. The van der Waals surface area contributed by atoms with Crippen molar-refractivity contribution >= 4 is 130 Å². The fraction of sp³-hybridized carbons (Fsp3) is 0.0667. The Kier molecular flexibility index (Phi) is 18.3. The molecule has 0 saturated heterocycles. The lowest BCUT2D eigenvalue weighted by molar-refractivity contribution is 0.648. The highest BCUT2D eigenvalue weighted by Crippen LogP contribution is 2.49. The Bertz CT molecular complexity index is 8170. The normalized spacial score (nSPS) is 11.9. The van der Waals surface area contributed by atoms with E-state index in [0.717, 1.165) is 24.2 Å². The van der Waals surface area contributed by atoms with Gasteiger partial charge in [0.1, 0.15) is 0 Å². The fourth-order valence-corrected chi connectivity index (χ4v) is 20.5. The van der Waals surface area contributed by atoms with Gasteiger partial charge in [-0.2, -0.15) is 0 Å². The molecule has 4 heteroatoms. The van der Waals surface area contributed by atoms with E-state index in [4.69, 9.17) is 0 Å². The van der Waals surface area contributed by atoms with Gasteiger partial charge >= 0.3 is 0 Å². The van der Waals surface area contributed by atoms with Gasteiger partial charge < -0.3 is 18.3 Å². The number of hydrogen-bond acceptors (Lipinski definition) is 0. The molecule has 0 bridgehead atoms. The summed E-state index contributed by atoms with van der Waals surface area (Å²) in [4.78, 5) is 0. The van der Waals surface area contributed by atoms with E-state index in [9.17, 15) is 0 Å². The number of para-hydroxylation sites is 4. The highest BCUT2D eigenvalue weighted by molar-refractivity contribution is 6.24. The molecule has 4 nitrogen and oxygen atoms in total. The molecule has 0 aliphatic rings. The first-order valence-electron chi connectivity index (χ1n) is 43.8. The van der Waals surface area contributed by atoms with Crippen LogP contribution in [0.3, 0.4) is 0 Å². The predicted octanol–water partition coefficient (Wildman–Crippen LogP) is 32.9. The van der Waals surface area contributed by atoms with Gasteiger partial charge in [0.2, 0.25) is 0 Å². The summed E-state index contributed by atoms with van der Waals surface area (Å²) in [6.07, 6.45) is 4.62. The molecule has 588 valence electrons. The minimum Gasteiger partial charge on any atom is -0.309 e. The molecule has 24 aromatic rings. The topological polar surface area (TPSA) is 19.7 Å². The zero-order valence-electron chi connectivity index (χ0n) is 69.6. The van der Waals surface area contributed by atoms with Crippen molar-refractivity contribution in [2.45, 2.75) is 46.5 Å². The quantitative estimate of drug-likeness (QED) is 0.0912. The van der Waals surface area contributed by atoms with Crippen LogP contribution in [0.4, 0.5) is 0 Å². The van der Waals surface area contributed by atoms with Crippen molar-refractivity contribution in [1.29, 1.82) is 0 Å². The van der Waals surface area contributed by atoms with Crippen LogP contribution in [-0.4, -0.2) is 18.3 Å². The number of rotatable bonds is 15. The Morgan fingerprint density at radius 1 is 0.185 bits per heavy atom. The smallest absolute Gasteiger partial charge is 0.0541 e. The van der Waals surface area contributed by atoms with E-state index in [-0.39, 0.29) is 0 Å². The first kappa shape index (κ1) is 73.8. The molecular formula is C120H88N4. The summed E-state index contributed by atoms with van der Waals surface area (Å²) in [6.45, 7) is 6.85. The number of aryl methyl sites for hydroxylation is 1. The molecule has 20 aromatic carbocycles. The summed E-state index contributed by atoms with van der Waals surface area (Å²) in [5.41, 5.74) is 32.1. The van der Waals surface area contributed by atoms with Gasteiger partial charge in [0, 0.05) is 65.8 Å². The lowest BCUT2D eigenvalue weighted by Gasteiger charge is -2.18. The standard InChI is InChI=1S/2C60H44N2/c1-39(2)35-40-25-32-56-52(36-40)54-38-44(29-34-58(54)61(56)45-17-7-4-8-18-45)43-28-33-57-53(37-43)47-19-13-14-24-55(47)62(57)46-30-26-42(27-31-46)60-50-22-11-9-20-48(50)59(41-15-5-3-6-16-41)49-21-10-12-23-51(49)60;1-2-3-15-40-26-32-45(33-27-40)61-55-24-13-11-18-47(55)53-38-43(30-36-57(53)61)44-31-37-58-54(39-44)48-19-12-14-25-56(48)62(58)46-34-28-42(29-35-46)60-51-22-9-7-20-49(51)59(41-16-5-4-6-17-41)50-21-8-10-23-52(50)60/h3-34,36-39H,35H2,1-2H3;4-14,16-39H,2-3,15H2,1H3. The molecule has 124 heavy (non-hydrogen) atoms. The van der Waals surface area contributed by atoms with Crippen LogP contribution in [0.15, 0.2) is 425 Å². The third-order valence-corrected chi connectivity index (χ3v) is 26.0. The molecule has 0 aliphatic carbocycles. The summed E-state index contributed by atoms with van der Waals surface area (Å²) >= 11 is 0. The largest absolute Gasteiger partial charge is 0.309 e. The van der Waals surface area contributed by atoms with Crippen molar-refractivity contribution in [2.75, 3.05) is 0 Å². The SMILES string of the molecule is CC(C)Cc1ccc2c(c1)c1cc(-c3ccc4c(c3)c3ccccc3n4-c3ccc(-c4c5ccccc5c(-c5ccccc5)c5ccccc45)cc3)ccc1n2-c1ccccc1.CCCCc1ccc(-n2c3ccccc3c3cc(-c4ccc5c(c4)c4ccccc4n5-c4ccc(-c5c6ccccc6c(-c6ccccc6)c6ccccc56)cc4)ccc32)cc1. The second kappa shape index (κ2) is 30.7. The van der Waals surface area contributed by atoms with Crippen LogP contribution in [0.2, 0.25) is 0 Å². The molecule has 0 unspecified atom stereocenters. The Morgan fingerprint density at radius 2 is 0.411 bits per heavy atom. The number of benzene rings is 20.